The molecule has 1 N–H and O–H groups in total. The van der Waals surface area contributed by atoms with E-state index in [2.05, 4.69) is 232 Å². The molecule has 1 aliphatic heterocycles. The summed E-state index contributed by atoms with van der Waals surface area (Å²) >= 11 is 0. The minimum atomic E-state index is 0.759. The van der Waals surface area contributed by atoms with Crippen LogP contribution in [0.25, 0.3) is 60.8 Å². The van der Waals surface area contributed by atoms with E-state index in [1.54, 1.807) is 0 Å². The summed E-state index contributed by atoms with van der Waals surface area (Å²) in [6.45, 7) is 0.759. The van der Waals surface area contributed by atoms with Gasteiger partial charge < -0.3 is 19.4 Å². The van der Waals surface area contributed by atoms with E-state index in [0.29, 0.717) is 0 Å². The van der Waals surface area contributed by atoms with Crippen molar-refractivity contribution in [1.29, 1.82) is 0 Å². The molecule has 10 aromatic rings. The summed E-state index contributed by atoms with van der Waals surface area (Å²) in [5.41, 5.74) is 16.4. The molecule has 0 radical (unpaired) electrons. The summed E-state index contributed by atoms with van der Waals surface area (Å²) in [4.78, 5) is 2.30. The van der Waals surface area contributed by atoms with E-state index in [0.717, 1.165) is 35.0 Å². The van der Waals surface area contributed by atoms with Gasteiger partial charge in [0.15, 0.2) is 0 Å². The van der Waals surface area contributed by atoms with Crippen LogP contribution in [0.5, 0.6) is 0 Å². The second-order valence-electron chi connectivity index (χ2n) is 14.6. The van der Waals surface area contributed by atoms with Gasteiger partial charge in [-0.2, -0.15) is 0 Å². The number of fused-ring (bicyclic) bond motifs is 6. The lowest BCUT2D eigenvalue weighted by molar-refractivity contribution is 1.08. The SMILES string of the molecule is C1=C(c2cccc3c2c2ccccc2n3-c2cccc(-c3ccc(N(c4ccccc4)c4ccccc4)cc3)c2)c2c(c3ccccc3n2-c2ccccc2)NC1. The summed E-state index contributed by atoms with van der Waals surface area (Å²) < 4.78 is 4.86. The van der Waals surface area contributed by atoms with Crippen LogP contribution >= 0.6 is 0 Å². The second-order valence-corrected chi connectivity index (χ2v) is 14.6. The van der Waals surface area contributed by atoms with Crippen molar-refractivity contribution < 1.29 is 0 Å². The molecule has 4 nitrogen and oxygen atoms in total. The Bertz CT molecular complexity index is 3060. The summed E-state index contributed by atoms with van der Waals surface area (Å²) in [5.74, 6) is 0. The summed E-state index contributed by atoms with van der Waals surface area (Å²) in [5, 5.41) is 7.48. The quantitative estimate of drug-likeness (QED) is 0.177. The molecule has 0 amide bonds. The molecule has 270 valence electrons. The average molecular weight is 731 g/mol. The van der Waals surface area contributed by atoms with Gasteiger partial charge in [-0.3, -0.25) is 0 Å². The Morgan fingerprint density at radius 3 is 1.70 bits per heavy atom. The van der Waals surface area contributed by atoms with Crippen LogP contribution in [-0.2, 0) is 0 Å². The van der Waals surface area contributed by atoms with Crippen molar-refractivity contribution in [2.24, 2.45) is 0 Å². The van der Waals surface area contributed by atoms with Crippen LogP contribution in [0.15, 0.2) is 212 Å². The Labute approximate surface area is 331 Å². The highest BCUT2D eigenvalue weighted by Gasteiger charge is 2.27. The van der Waals surface area contributed by atoms with Crippen LogP contribution < -0.4 is 10.2 Å². The van der Waals surface area contributed by atoms with Gasteiger partial charge in [0, 0.05) is 56.7 Å². The number of hydrogen-bond donors (Lipinski definition) is 1. The zero-order chi connectivity index (χ0) is 37.7. The predicted molar refractivity (Wildman–Crippen MR) is 240 cm³/mol. The van der Waals surface area contributed by atoms with Crippen molar-refractivity contribution in [2.45, 2.75) is 0 Å². The van der Waals surface area contributed by atoms with Gasteiger partial charge in [0.2, 0.25) is 0 Å². The number of nitrogens with one attached hydrogen (secondary N) is 1. The van der Waals surface area contributed by atoms with Gasteiger partial charge in [-0.1, -0.05) is 133 Å². The molecule has 0 saturated heterocycles. The van der Waals surface area contributed by atoms with Crippen LogP contribution in [0.4, 0.5) is 22.7 Å². The van der Waals surface area contributed by atoms with Gasteiger partial charge >= 0.3 is 0 Å². The standard InChI is InChI=1S/C53H38N4/c1-4-17-39(18-5-1)55(40-19-6-2-7-20-40)42-32-30-37(31-33-42)38-16-14-23-43(36-38)56-48-27-12-10-24-46(48)51-44(26-15-29-50(51)56)45-34-35-54-52-47-25-11-13-28-49(47)57(53(45)52)41-21-8-3-9-22-41/h1-34,36,54H,35H2. The largest absolute Gasteiger partial charge is 0.379 e. The first-order chi connectivity index (χ1) is 28.3. The molecule has 2 aromatic heterocycles. The van der Waals surface area contributed by atoms with Crippen molar-refractivity contribution in [3.63, 3.8) is 0 Å². The Morgan fingerprint density at radius 2 is 0.982 bits per heavy atom. The monoisotopic (exact) mass is 730 g/mol. The molecule has 0 atom stereocenters. The van der Waals surface area contributed by atoms with Crippen molar-refractivity contribution in [1.82, 2.24) is 9.13 Å². The number of anilines is 4. The molecule has 0 spiro atoms. The first-order valence-corrected chi connectivity index (χ1v) is 19.6. The summed E-state index contributed by atoms with van der Waals surface area (Å²) in [6.07, 6.45) is 2.36. The van der Waals surface area contributed by atoms with E-state index in [9.17, 15) is 0 Å². The molecule has 8 aromatic carbocycles. The number of benzene rings is 8. The Balaban J connectivity index is 1.04. The molecule has 0 aliphatic carbocycles. The van der Waals surface area contributed by atoms with Gasteiger partial charge in [-0.25, -0.2) is 0 Å². The van der Waals surface area contributed by atoms with Crippen LogP contribution in [0, 0.1) is 0 Å². The maximum absolute atomic E-state index is 3.75. The Morgan fingerprint density at radius 1 is 0.421 bits per heavy atom. The van der Waals surface area contributed by atoms with Crippen molar-refractivity contribution in [3.8, 4) is 22.5 Å². The fourth-order valence-electron chi connectivity index (χ4n) is 8.86. The summed E-state index contributed by atoms with van der Waals surface area (Å²) in [6, 6.07) is 74.1. The first-order valence-electron chi connectivity index (χ1n) is 19.6. The fraction of sp³-hybridized carbons (Fsp3) is 0.0189. The molecule has 0 bridgehead atoms. The summed E-state index contributed by atoms with van der Waals surface area (Å²) in [7, 11) is 0. The van der Waals surface area contributed by atoms with Gasteiger partial charge in [0.25, 0.3) is 0 Å². The number of aromatic nitrogens is 2. The molecular weight excluding hydrogens is 693 g/mol. The Hall–Kier alpha value is -7.56. The zero-order valence-corrected chi connectivity index (χ0v) is 31.3. The topological polar surface area (TPSA) is 25.1 Å². The fourth-order valence-corrected chi connectivity index (χ4v) is 8.86. The number of hydrogen-bond acceptors (Lipinski definition) is 2. The maximum atomic E-state index is 3.75. The first kappa shape index (κ1) is 32.8. The molecule has 57 heavy (non-hydrogen) atoms. The molecule has 1 aliphatic rings. The highest BCUT2D eigenvalue weighted by atomic mass is 15.1. The van der Waals surface area contributed by atoms with E-state index >= 15 is 0 Å². The zero-order valence-electron chi connectivity index (χ0n) is 31.3. The molecule has 3 heterocycles. The normalized spacial score (nSPS) is 12.4. The van der Waals surface area contributed by atoms with E-state index in [1.165, 1.54) is 66.4 Å². The maximum Gasteiger partial charge on any atom is 0.0777 e. The van der Waals surface area contributed by atoms with Crippen LogP contribution in [-0.4, -0.2) is 15.7 Å². The van der Waals surface area contributed by atoms with E-state index < -0.39 is 0 Å². The lowest BCUT2D eigenvalue weighted by Gasteiger charge is -2.25. The minimum Gasteiger partial charge on any atom is -0.379 e. The van der Waals surface area contributed by atoms with Crippen molar-refractivity contribution in [2.75, 3.05) is 16.8 Å². The number of rotatable bonds is 7. The van der Waals surface area contributed by atoms with E-state index in [-0.39, 0.29) is 0 Å². The van der Waals surface area contributed by atoms with Crippen molar-refractivity contribution in [3.05, 3.63) is 224 Å². The van der Waals surface area contributed by atoms with Gasteiger partial charge in [-0.05, 0) is 95.6 Å². The number of para-hydroxylation sites is 5. The lowest BCUT2D eigenvalue weighted by Crippen LogP contribution is -2.11. The van der Waals surface area contributed by atoms with E-state index in [1.807, 2.05) is 0 Å². The van der Waals surface area contributed by atoms with Gasteiger partial charge in [-0.15, -0.1) is 0 Å². The molecular formula is C53H38N4. The van der Waals surface area contributed by atoms with Gasteiger partial charge in [0.05, 0.1) is 27.9 Å². The molecule has 0 saturated carbocycles. The number of nitrogens with zero attached hydrogens (tertiary/aromatic N) is 3. The highest BCUT2D eigenvalue weighted by molar-refractivity contribution is 6.16. The Kier molecular flexibility index (Phi) is 7.85. The smallest absolute Gasteiger partial charge is 0.0777 e. The highest BCUT2D eigenvalue weighted by Crippen LogP contribution is 2.46. The minimum absolute atomic E-state index is 0.759. The average Bonchev–Trinajstić information content (AvgIpc) is 3.81. The van der Waals surface area contributed by atoms with Crippen molar-refractivity contribution >= 4 is 61.0 Å². The van der Waals surface area contributed by atoms with E-state index in [4.69, 9.17) is 0 Å². The third-order valence-electron chi connectivity index (χ3n) is 11.3. The molecule has 11 rings (SSSR count). The third-order valence-corrected chi connectivity index (χ3v) is 11.3. The molecule has 0 unspecified atom stereocenters. The molecule has 4 heteroatoms. The molecule has 0 fully saturated rings. The van der Waals surface area contributed by atoms with Crippen LogP contribution in [0.1, 0.15) is 11.3 Å². The second kappa shape index (κ2) is 13.6. The predicted octanol–water partition coefficient (Wildman–Crippen LogP) is 13.7. The van der Waals surface area contributed by atoms with Gasteiger partial charge in [0.1, 0.15) is 0 Å². The van der Waals surface area contributed by atoms with Crippen LogP contribution in [0.2, 0.25) is 0 Å². The third kappa shape index (κ3) is 5.45. The van der Waals surface area contributed by atoms with Crippen LogP contribution in [0.3, 0.4) is 0 Å². The lowest BCUT2D eigenvalue weighted by atomic mass is 9.94.